The van der Waals surface area contributed by atoms with E-state index in [-0.39, 0.29) is 11.9 Å². The number of hydrogen-bond acceptors (Lipinski definition) is 3. The number of hydrogen-bond donors (Lipinski definition) is 3. The summed E-state index contributed by atoms with van der Waals surface area (Å²) in [5.74, 6) is -0.691. The minimum atomic E-state index is -1.21. The van der Waals surface area contributed by atoms with Gasteiger partial charge in [-0.2, -0.15) is 0 Å². The predicted octanol–water partition coefficient (Wildman–Crippen LogP) is 0.834. The molecule has 1 aliphatic carbocycles. The van der Waals surface area contributed by atoms with E-state index >= 15 is 0 Å². The highest BCUT2D eigenvalue weighted by molar-refractivity contribution is 5.95. The maximum absolute atomic E-state index is 12.0. The van der Waals surface area contributed by atoms with Gasteiger partial charge in [-0.25, -0.2) is 0 Å². The van der Waals surface area contributed by atoms with Gasteiger partial charge < -0.3 is 15.7 Å². The summed E-state index contributed by atoms with van der Waals surface area (Å²) in [4.78, 5) is 23.8. The normalized spacial score (nSPS) is 17.1. The van der Waals surface area contributed by atoms with Gasteiger partial charge in [-0.1, -0.05) is 25.1 Å². The van der Waals surface area contributed by atoms with Crippen molar-refractivity contribution in [2.45, 2.75) is 44.4 Å². The second kappa shape index (κ2) is 6.52. The van der Waals surface area contributed by atoms with Crippen molar-refractivity contribution in [2.75, 3.05) is 0 Å². The van der Waals surface area contributed by atoms with Crippen molar-refractivity contribution in [1.29, 1.82) is 0 Å². The molecule has 3 N–H and O–H groups in total. The van der Waals surface area contributed by atoms with Crippen LogP contribution in [0.1, 0.15) is 36.5 Å². The Hall–Kier alpha value is -1.88. The van der Waals surface area contributed by atoms with Crippen LogP contribution in [0.15, 0.2) is 30.3 Å². The maximum Gasteiger partial charge on any atom is 0.251 e. The summed E-state index contributed by atoms with van der Waals surface area (Å²) < 4.78 is 0. The minimum Gasteiger partial charge on any atom is -0.381 e. The largest absolute Gasteiger partial charge is 0.381 e. The number of benzene rings is 1. The maximum atomic E-state index is 12.0. The van der Waals surface area contributed by atoms with Gasteiger partial charge in [0.1, 0.15) is 0 Å². The van der Waals surface area contributed by atoms with Crippen LogP contribution in [0, 0.1) is 0 Å². The van der Waals surface area contributed by atoms with Gasteiger partial charge in [0.2, 0.25) is 0 Å². The Bertz CT molecular complexity index is 471. The highest BCUT2D eigenvalue weighted by Crippen LogP contribution is 2.19. The van der Waals surface area contributed by atoms with Crippen molar-refractivity contribution in [2.24, 2.45) is 0 Å². The van der Waals surface area contributed by atoms with E-state index < -0.39 is 18.1 Å². The number of rotatable bonds is 6. The van der Waals surface area contributed by atoms with E-state index in [9.17, 15) is 14.7 Å². The number of carbonyl (C=O) groups excluding carboxylic acids is 2. The second-order valence-corrected chi connectivity index (χ2v) is 5.08. The number of amides is 2. The average Bonchev–Trinajstić information content (AvgIpc) is 3.28. The third-order valence-electron chi connectivity index (χ3n) is 3.37. The van der Waals surface area contributed by atoms with Crippen molar-refractivity contribution in [3.63, 3.8) is 0 Å². The summed E-state index contributed by atoms with van der Waals surface area (Å²) in [6, 6.07) is 8.36. The van der Waals surface area contributed by atoms with E-state index in [4.69, 9.17) is 0 Å². The summed E-state index contributed by atoms with van der Waals surface area (Å²) >= 11 is 0. The molecule has 1 saturated carbocycles. The van der Waals surface area contributed by atoms with E-state index in [0.29, 0.717) is 12.0 Å². The van der Waals surface area contributed by atoms with Crippen molar-refractivity contribution < 1.29 is 14.7 Å². The van der Waals surface area contributed by atoms with Crippen LogP contribution in [0.25, 0.3) is 0 Å². The molecule has 108 valence electrons. The van der Waals surface area contributed by atoms with Crippen LogP contribution in [0.2, 0.25) is 0 Å². The Balaban J connectivity index is 1.93. The van der Waals surface area contributed by atoms with Crippen LogP contribution < -0.4 is 10.6 Å². The molecule has 20 heavy (non-hydrogen) atoms. The molecule has 0 aromatic heterocycles. The molecule has 2 unspecified atom stereocenters. The van der Waals surface area contributed by atoms with Crippen LogP contribution in [-0.2, 0) is 4.79 Å². The lowest BCUT2D eigenvalue weighted by Crippen LogP contribution is -2.50. The summed E-state index contributed by atoms with van der Waals surface area (Å²) in [6.07, 6.45) is 1.20. The molecular formula is C15H20N2O3. The Labute approximate surface area is 118 Å². The summed E-state index contributed by atoms with van der Waals surface area (Å²) in [5.41, 5.74) is 0.515. The lowest BCUT2D eigenvalue weighted by molar-refractivity contribution is -0.130. The van der Waals surface area contributed by atoms with Gasteiger partial charge in [0.15, 0.2) is 6.10 Å². The third kappa shape index (κ3) is 3.81. The fraction of sp³-hybridized carbons (Fsp3) is 0.467. The number of nitrogens with one attached hydrogen (secondary N) is 2. The number of aliphatic hydroxyl groups is 1. The van der Waals surface area contributed by atoms with Gasteiger partial charge in [-0.15, -0.1) is 0 Å². The van der Waals surface area contributed by atoms with Crippen LogP contribution in [-0.4, -0.2) is 35.1 Å². The Morgan fingerprint density at radius 3 is 2.50 bits per heavy atom. The molecule has 5 heteroatoms. The second-order valence-electron chi connectivity index (χ2n) is 5.08. The minimum absolute atomic E-state index is 0.194. The Morgan fingerprint density at radius 2 is 1.95 bits per heavy atom. The first kappa shape index (κ1) is 14.5. The summed E-state index contributed by atoms with van der Waals surface area (Å²) in [6.45, 7) is 1.82. The van der Waals surface area contributed by atoms with Crippen LogP contribution in [0.3, 0.4) is 0 Å². The lowest BCUT2D eigenvalue weighted by atomic mass is 10.1. The van der Waals surface area contributed by atoms with E-state index in [1.54, 1.807) is 24.3 Å². The number of carbonyl (C=O) groups is 2. The van der Waals surface area contributed by atoms with Gasteiger partial charge >= 0.3 is 0 Å². The standard InChI is InChI=1S/C15H20N2O3/c1-2-12(13(18)15(20)16-11-8-9-11)17-14(19)10-6-4-3-5-7-10/h3-7,11-13,18H,2,8-9H2,1H3,(H,16,20)(H,17,19). The SMILES string of the molecule is CCC(NC(=O)c1ccccc1)C(O)C(=O)NC1CC1. The molecule has 1 aliphatic rings. The Morgan fingerprint density at radius 1 is 1.30 bits per heavy atom. The average molecular weight is 276 g/mol. The van der Waals surface area contributed by atoms with Gasteiger partial charge in [-0.05, 0) is 31.4 Å². The van der Waals surface area contributed by atoms with Gasteiger partial charge in [0, 0.05) is 11.6 Å². The van der Waals surface area contributed by atoms with Crippen LogP contribution >= 0.6 is 0 Å². The monoisotopic (exact) mass is 276 g/mol. The summed E-state index contributed by atoms with van der Waals surface area (Å²) in [7, 11) is 0. The molecule has 0 heterocycles. The fourth-order valence-electron chi connectivity index (χ4n) is 1.94. The highest BCUT2D eigenvalue weighted by Gasteiger charge is 2.31. The van der Waals surface area contributed by atoms with E-state index in [1.807, 2.05) is 13.0 Å². The zero-order valence-electron chi connectivity index (χ0n) is 11.5. The fourth-order valence-corrected chi connectivity index (χ4v) is 1.94. The summed E-state index contributed by atoms with van der Waals surface area (Å²) in [5, 5.41) is 15.5. The molecular weight excluding hydrogens is 256 g/mol. The first-order valence-electron chi connectivity index (χ1n) is 6.96. The van der Waals surface area contributed by atoms with Crippen molar-refractivity contribution >= 4 is 11.8 Å². The molecule has 0 saturated heterocycles. The number of aliphatic hydroxyl groups excluding tert-OH is 1. The van der Waals surface area contributed by atoms with Crippen LogP contribution in [0.4, 0.5) is 0 Å². The molecule has 1 fully saturated rings. The molecule has 5 nitrogen and oxygen atoms in total. The van der Waals surface area contributed by atoms with Crippen molar-refractivity contribution in [1.82, 2.24) is 10.6 Å². The Kier molecular flexibility index (Phi) is 4.74. The molecule has 2 amide bonds. The zero-order chi connectivity index (χ0) is 14.5. The van der Waals surface area contributed by atoms with Gasteiger partial charge in [0.25, 0.3) is 11.8 Å². The molecule has 1 aromatic rings. The van der Waals surface area contributed by atoms with Crippen molar-refractivity contribution in [3.05, 3.63) is 35.9 Å². The smallest absolute Gasteiger partial charge is 0.251 e. The quantitative estimate of drug-likeness (QED) is 0.720. The first-order chi connectivity index (χ1) is 9.61. The lowest BCUT2D eigenvalue weighted by Gasteiger charge is -2.22. The molecule has 0 bridgehead atoms. The van der Waals surface area contributed by atoms with Crippen molar-refractivity contribution in [3.8, 4) is 0 Å². The molecule has 1 aromatic carbocycles. The van der Waals surface area contributed by atoms with Gasteiger partial charge in [-0.3, -0.25) is 9.59 Å². The van der Waals surface area contributed by atoms with E-state index in [1.165, 1.54) is 0 Å². The molecule has 0 aliphatic heterocycles. The third-order valence-corrected chi connectivity index (χ3v) is 3.37. The predicted molar refractivity (Wildman–Crippen MR) is 75.2 cm³/mol. The highest BCUT2D eigenvalue weighted by atomic mass is 16.3. The zero-order valence-corrected chi connectivity index (χ0v) is 11.5. The van der Waals surface area contributed by atoms with E-state index in [2.05, 4.69) is 10.6 Å². The van der Waals surface area contributed by atoms with E-state index in [0.717, 1.165) is 12.8 Å². The van der Waals surface area contributed by atoms with Gasteiger partial charge in [0.05, 0.1) is 6.04 Å². The first-order valence-corrected chi connectivity index (χ1v) is 6.96. The molecule has 2 atom stereocenters. The topological polar surface area (TPSA) is 78.4 Å². The molecule has 0 radical (unpaired) electrons. The van der Waals surface area contributed by atoms with Crippen LogP contribution in [0.5, 0.6) is 0 Å². The molecule has 2 rings (SSSR count). The molecule has 0 spiro atoms.